The summed E-state index contributed by atoms with van der Waals surface area (Å²) in [7, 11) is 0. The van der Waals surface area contributed by atoms with Gasteiger partial charge in [-0.1, -0.05) is 61.4 Å². The summed E-state index contributed by atoms with van der Waals surface area (Å²) in [5.41, 5.74) is 3.99. The molecule has 3 atom stereocenters. The minimum atomic E-state index is -0.466. The first kappa shape index (κ1) is 30.2. The van der Waals surface area contributed by atoms with Crippen LogP contribution in [0, 0.1) is 0 Å². The summed E-state index contributed by atoms with van der Waals surface area (Å²) in [6, 6.07) is 16.1. The van der Waals surface area contributed by atoms with Crippen molar-refractivity contribution in [3.63, 3.8) is 0 Å². The van der Waals surface area contributed by atoms with Crippen LogP contribution in [-0.4, -0.2) is 54.1 Å². The van der Waals surface area contributed by atoms with Crippen LogP contribution < -0.4 is 10.6 Å². The zero-order chi connectivity index (χ0) is 28.2. The summed E-state index contributed by atoms with van der Waals surface area (Å²) in [5.74, 6) is 0.0224. The van der Waals surface area contributed by atoms with Crippen LogP contribution in [-0.2, 0) is 32.2 Å². The number of amides is 2. The third kappa shape index (κ3) is 9.70. The van der Waals surface area contributed by atoms with Crippen molar-refractivity contribution < 1.29 is 24.2 Å². The Balaban J connectivity index is 1.31. The van der Waals surface area contributed by atoms with E-state index >= 15 is 0 Å². The van der Waals surface area contributed by atoms with Crippen LogP contribution in [0.5, 0.6) is 0 Å². The van der Waals surface area contributed by atoms with Gasteiger partial charge in [0.25, 0.3) is 0 Å². The van der Waals surface area contributed by atoms with Gasteiger partial charge in [-0.2, -0.15) is 0 Å². The van der Waals surface area contributed by atoms with Crippen molar-refractivity contribution in [1.29, 1.82) is 0 Å². The molecule has 8 heteroatoms. The number of piperidine rings is 1. The zero-order valence-electron chi connectivity index (χ0n) is 23.8. The molecule has 8 nitrogen and oxygen atoms in total. The molecule has 0 spiro atoms. The smallest absolute Gasteiger partial charge is 0.220 e. The van der Waals surface area contributed by atoms with E-state index in [-0.39, 0.29) is 30.6 Å². The average Bonchev–Trinajstić information content (AvgIpc) is 2.98. The molecule has 2 aromatic carbocycles. The van der Waals surface area contributed by atoms with Crippen LogP contribution in [0.2, 0.25) is 0 Å². The summed E-state index contributed by atoms with van der Waals surface area (Å²) in [6.45, 7) is 5.84. The molecule has 3 unspecified atom stereocenters. The van der Waals surface area contributed by atoms with Crippen molar-refractivity contribution in [2.24, 2.45) is 0 Å². The second-order valence-electron chi connectivity index (χ2n) is 11.0. The van der Waals surface area contributed by atoms with E-state index in [0.29, 0.717) is 19.5 Å². The number of nitrogens with zero attached hydrogens (tertiary/aromatic N) is 1. The Morgan fingerprint density at radius 1 is 0.875 bits per heavy atom. The van der Waals surface area contributed by atoms with Crippen LogP contribution in [0.1, 0.15) is 92.9 Å². The molecular weight excluding hydrogens is 506 g/mol. The predicted molar refractivity (Wildman–Crippen MR) is 154 cm³/mol. The Bertz CT molecular complexity index is 1050. The van der Waals surface area contributed by atoms with Crippen molar-refractivity contribution in [2.75, 3.05) is 26.2 Å². The Kier molecular flexibility index (Phi) is 12.0. The van der Waals surface area contributed by atoms with Crippen molar-refractivity contribution in [2.45, 2.75) is 89.9 Å². The van der Waals surface area contributed by atoms with Crippen molar-refractivity contribution in [3.05, 3.63) is 70.8 Å². The van der Waals surface area contributed by atoms with E-state index in [1.807, 2.05) is 48.5 Å². The summed E-state index contributed by atoms with van der Waals surface area (Å²) in [5, 5.41) is 15.2. The standard InChI is InChI=1S/C32H45N3O5/c1-24(37)33-17-5-2-4-8-31(38)34-21-25-9-15-28(16-10-25)32-39-29(22-35-18-6-3-7-19-35)20-30(40-32)27-13-11-26(23-36)12-14-27/h9-16,29-30,32,36H,2-8,17-23H2,1H3,(H,33,37)(H,34,38). The molecule has 40 heavy (non-hydrogen) atoms. The van der Waals surface area contributed by atoms with Gasteiger partial charge in [-0.15, -0.1) is 0 Å². The summed E-state index contributed by atoms with van der Waals surface area (Å²) in [6.07, 6.45) is 7.20. The second-order valence-corrected chi connectivity index (χ2v) is 11.0. The Labute approximate surface area is 238 Å². The van der Waals surface area contributed by atoms with Crippen LogP contribution in [0.25, 0.3) is 0 Å². The van der Waals surface area contributed by atoms with Crippen molar-refractivity contribution in [1.82, 2.24) is 15.5 Å². The first-order valence-corrected chi connectivity index (χ1v) is 14.8. The maximum atomic E-state index is 12.2. The van der Waals surface area contributed by atoms with E-state index in [9.17, 15) is 14.7 Å². The third-order valence-electron chi connectivity index (χ3n) is 7.72. The highest BCUT2D eigenvalue weighted by molar-refractivity contribution is 5.75. The molecule has 4 rings (SSSR count). The molecule has 2 heterocycles. The lowest BCUT2D eigenvalue weighted by atomic mass is 9.99. The number of unbranched alkanes of at least 4 members (excludes halogenated alkanes) is 2. The zero-order valence-corrected chi connectivity index (χ0v) is 23.8. The molecule has 3 N–H and O–H groups in total. The number of hydrogen-bond donors (Lipinski definition) is 3. The Morgan fingerprint density at radius 3 is 2.27 bits per heavy atom. The molecule has 0 radical (unpaired) electrons. The molecule has 2 aliphatic rings. The minimum Gasteiger partial charge on any atom is -0.392 e. The third-order valence-corrected chi connectivity index (χ3v) is 7.72. The summed E-state index contributed by atoms with van der Waals surface area (Å²) < 4.78 is 13.0. The molecule has 2 amide bonds. The van der Waals surface area contributed by atoms with Crippen molar-refractivity contribution in [3.8, 4) is 0 Å². The highest BCUT2D eigenvalue weighted by atomic mass is 16.7. The Hall–Kier alpha value is -2.78. The van der Waals surface area contributed by atoms with E-state index < -0.39 is 6.29 Å². The van der Waals surface area contributed by atoms with Gasteiger partial charge in [0.15, 0.2) is 6.29 Å². The molecule has 2 aliphatic heterocycles. The van der Waals surface area contributed by atoms with E-state index in [2.05, 4.69) is 15.5 Å². The summed E-state index contributed by atoms with van der Waals surface area (Å²) in [4.78, 5) is 25.7. The van der Waals surface area contributed by atoms with Crippen LogP contribution in [0.15, 0.2) is 48.5 Å². The molecular formula is C32H45N3O5. The Morgan fingerprint density at radius 2 is 1.57 bits per heavy atom. The number of benzene rings is 2. The number of aliphatic hydroxyl groups excluding tert-OH is 1. The van der Waals surface area contributed by atoms with Gasteiger partial charge in [-0.05, 0) is 55.5 Å². The SMILES string of the molecule is CC(=O)NCCCCCC(=O)NCc1ccc(C2OC(CN3CCCCC3)CC(c3ccc(CO)cc3)O2)cc1. The molecule has 2 saturated heterocycles. The van der Waals surface area contributed by atoms with Gasteiger partial charge in [0.05, 0.1) is 18.8 Å². The van der Waals surface area contributed by atoms with Gasteiger partial charge in [-0.25, -0.2) is 0 Å². The number of nitrogens with one attached hydrogen (secondary N) is 2. The second kappa shape index (κ2) is 15.9. The fourth-order valence-corrected chi connectivity index (χ4v) is 5.40. The lowest BCUT2D eigenvalue weighted by Gasteiger charge is -2.39. The maximum Gasteiger partial charge on any atom is 0.220 e. The summed E-state index contributed by atoms with van der Waals surface area (Å²) >= 11 is 0. The number of rotatable bonds is 13. The van der Waals surface area contributed by atoms with Gasteiger partial charge in [0, 0.05) is 45.0 Å². The van der Waals surface area contributed by atoms with Crippen molar-refractivity contribution >= 4 is 11.8 Å². The number of carbonyl (C=O) groups excluding carboxylic acids is 2. The molecule has 218 valence electrons. The van der Waals surface area contributed by atoms with E-state index in [1.165, 1.54) is 26.2 Å². The number of likely N-dealkylation sites (tertiary alicyclic amines) is 1. The highest BCUT2D eigenvalue weighted by Crippen LogP contribution is 2.38. The fourth-order valence-electron chi connectivity index (χ4n) is 5.40. The minimum absolute atomic E-state index is 0.0176. The van der Waals surface area contributed by atoms with Gasteiger partial charge in [-0.3, -0.25) is 9.59 Å². The fraction of sp³-hybridized carbons (Fsp3) is 0.562. The quantitative estimate of drug-likeness (QED) is 0.317. The lowest BCUT2D eigenvalue weighted by Crippen LogP contribution is -2.41. The normalized spacial score (nSPS) is 21.6. The first-order valence-electron chi connectivity index (χ1n) is 14.8. The maximum absolute atomic E-state index is 12.2. The van der Waals surface area contributed by atoms with Crippen LogP contribution in [0.4, 0.5) is 0 Å². The van der Waals surface area contributed by atoms with Gasteiger partial charge >= 0.3 is 0 Å². The van der Waals surface area contributed by atoms with Gasteiger partial charge < -0.3 is 30.1 Å². The molecule has 0 bridgehead atoms. The molecule has 2 aromatic rings. The molecule has 2 fully saturated rings. The average molecular weight is 552 g/mol. The van der Waals surface area contributed by atoms with Crippen LogP contribution >= 0.6 is 0 Å². The molecule has 0 aliphatic carbocycles. The molecule has 0 saturated carbocycles. The van der Waals surface area contributed by atoms with E-state index in [1.54, 1.807) is 0 Å². The predicted octanol–water partition coefficient (Wildman–Crippen LogP) is 4.52. The molecule has 0 aromatic heterocycles. The first-order chi connectivity index (χ1) is 19.5. The number of hydrogen-bond acceptors (Lipinski definition) is 6. The number of carbonyl (C=O) groups is 2. The van der Waals surface area contributed by atoms with E-state index in [4.69, 9.17) is 9.47 Å². The number of aliphatic hydroxyl groups is 1. The monoisotopic (exact) mass is 551 g/mol. The highest BCUT2D eigenvalue weighted by Gasteiger charge is 2.33. The lowest BCUT2D eigenvalue weighted by molar-refractivity contribution is -0.253. The number of ether oxygens (including phenoxy) is 2. The van der Waals surface area contributed by atoms with Gasteiger partial charge in [0.1, 0.15) is 0 Å². The largest absolute Gasteiger partial charge is 0.392 e. The topological polar surface area (TPSA) is 100 Å². The van der Waals surface area contributed by atoms with E-state index in [0.717, 1.165) is 67.6 Å². The van der Waals surface area contributed by atoms with Crippen LogP contribution in [0.3, 0.4) is 0 Å². The van der Waals surface area contributed by atoms with Gasteiger partial charge in [0.2, 0.25) is 11.8 Å².